The summed E-state index contributed by atoms with van der Waals surface area (Å²) in [5, 5.41) is 12.8. The third kappa shape index (κ3) is 3.37. The number of hydrogen-bond donors (Lipinski definition) is 1. The molecule has 96 valence electrons. The number of halogens is 3. The van der Waals surface area contributed by atoms with Crippen molar-refractivity contribution in [3.63, 3.8) is 0 Å². The van der Waals surface area contributed by atoms with E-state index in [0.29, 0.717) is 26.9 Å². The van der Waals surface area contributed by atoms with E-state index in [2.05, 4.69) is 5.32 Å². The SMILES string of the molecule is N#Cc1ccc(F)c(CNc2cc(Cl)ccc2Cl)c1. The van der Waals surface area contributed by atoms with Gasteiger partial charge in [0.15, 0.2) is 0 Å². The zero-order valence-corrected chi connectivity index (χ0v) is 11.3. The van der Waals surface area contributed by atoms with Gasteiger partial charge < -0.3 is 5.32 Å². The summed E-state index contributed by atoms with van der Waals surface area (Å²) in [7, 11) is 0. The first-order valence-corrected chi connectivity index (χ1v) is 6.23. The average Bonchev–Trinajstić information content (AvgIpc) is 2.41. The molecule has 2 nitrogen and oxygen atoms in total. The van der Waals surface area contributed by atoms with E-state index in [-0.39, 0.29) is 12.4 Å². The zero-order valence-electron chi connectivity index (χ0n) is 9.75. The van der Waals surface area contributed by atoms with E-state index in [1.54, 1.807) is 18.2 Å². The van der Waals surface area contributed by atoms with E-state index < -0.39 is 0 Å². The van der Waals surface area contributed by atoms with Crippen LogP contribution in [0.25, 0.3) is 0 Å². The van der Waals surface area contributed by atoms with Crippen LogP contribution in [0.1, 0.15) is 11.1 Å². The molecule has 0 amide bonds. The molecule has 0 aliphatic heterocycles. The van der Waals surface area contributed by atoms with Crippen molar-refractivity contribution in [1.82, 2.24) is 0 Å². The predicted octanol–water partition coefficient (Wildman–Crippen LogP) is 4.62. The number of nitriles is 1. The van der Waals surface area contributed by atoms with Crippen molar-refractivity contribution in [1.29, 1.82) is 5.26 Å². The maximum atomic E-state index is 13.6. The Morgan fingerprint density at radius 1 is 1.16 bits per heavy atom. The lowest BCUT2D eigenvalue weighted by Crippen LogP contribution is -2.02. The molecule has 0 atom stereocenters. The molecule has 2 aromatic carbocycles. The van der Waals surface area contributed by atoms with Gasteiger partial charge in [-0.15, -0.1) is 0 Å². The van der Waals surface area contributed by atoms with E-state index in [1.807, 2.05) is 6.07 Å². The summed E-state index contributed by atoms with van der Waals surface area (Å²) in [6.07, 6.45) is 0. The van der Waals surface area contributed by atoms with Gasteiger partial charge in [0, 0.05) is 17.1 Å². The summed E-state index contributed by atoms with van der Waals surface area (Å²) in [5.41, 5.74) is 1.43. The van der Waals surface area contributed by atoms with Crippen LogP contribution in [0.5, 0.6) is 0 Å². The summed E-state index contributed by atoms with van der Waals surface area (Å²) in [6, 6.07) is 11.2. The molecular formula is C14H9Cl2FN2. The largest absolute Gasteiger partial charge is 0.380 e. The Hall–Kier alpha value is -1.76. The first-order chi connectivity index (χ1) is 9.10. The molecule has 0 aliphatic carbocycles. The molecule has 0 fully saturated rings. The molecule has 0 unspecified atom stereocenters. The molecule has 0 radical (unpaired) electrons. The fraction of sp³-hybridized carbons (Fsp3) is 0.0714. The van der Waals surface area contributed by atoms with Crippen LogP contribution in [0.3, 0.4) is 0 Å². The Balaban J connectivity index is 2.19. The summed E-state index contributed by atoms with van der Waals surface area (Å²) in [4.78, 5) is 0. The van der Waals surface area contributed by atoms with Crippen LogP contribution < -0.4 is 5.32 Å². The van der Waals surface area contributed by atoms with E-state index in [9.17, 15) is 4.39 Å². The summed E-state index contributed by atoms with van der Waals surface area (Å²) in [6.45, 7) is 0.224. The van der Waals surface area contributed by atoms with Crippen molar-refractivity contribution in [3.8, 4) is 6.07 Å². The fourth-order valence-electron chi connectivity index (χ4n) is 1.60. The molecule has 0 aliphatic rings. The van der Waals surface area contributed by atoms with E-state index >= 15 is 0 Å². The first kappa shape index (κ1) is 13.7. The van der Waals surface area contributed by atoms with Crippen molar-refractivity contribution in [2.24, 2.45) is 0 Å². The van der Waals surface area contributed by atoms with Gasteiger partial charge >= 0.3 is 0 Å². The number of anilines is 1. The van der Waals surface area contributed by atoms with Crippen LogP contribution in [0.4, 0.5) is 10.1 Å². The number of hydrogen-bond acceptors (Lipinski definition) is 2. The Kier molecular flexibility index (Phi) is 4.26. The van der Waals surface area contributed by atoms with Gasteiger partial charge in [-0.1, -0.05) is 23.2 Å². The second-order valence-corrected chi connectivity index (χ2v) is 4.74. The minimum atomic E-state index is -0.371. The molecule has 0 bridgehead atoms. The van der Waals surface area contributed by atoms with Crippen LogP contribution in [-0.2, 0) is 6.54 Å². The van der Waals surface area contributed by atoms with E-state index in [0.717, 1.165) is 0 Å². The zero-order chi connectivity index (χ0) is 13.8. The highest BCUT2D eigenvalue weighted by atomic mass is 35.5. The maximum Gasteiger partial charge on any atom is 0.128 e. The topological polar surface area (TPSA) is 35.8 Å². The normalized spacial score (nSPS) is 10.0. The Morgan fingerprint density at radius 3 is 2.68 bits per heavy atom. The molecular weight excluding hydrogens is 286 g/mol. The quantitative estimate of drug-likeness (QED) is 0.897. The molecule has 19 heavy (non-hydrogen) atoms. The minimum Gasteiger partial charge on any atom is -0.380 e. The van der Waals surface area contributed by atoms with Crippen LogP contribution in [-0.4, -0.2) is 0 Å². The molecule has 1 N–H and O–H groups in total. The van der Waals surface area contributed by atoms with Gasteiger partial charge in [-0.05, 0) is 36.4 Å². The van der Waals surface area contributed by atoms with Gasteiger partial charge in [0.2, 0.25) is 0 Å². The van der Waals surface area contributed by atoms with Crippen molar-refractivity contribution >= 4 is 28.9 Å². The highest BCUT2D eigenvalue weighted by molar-refractivity contribution is 6.35. The summed E-state index contributed by atoms with van der Waals surface area (Å²) in [5.74, 6) is -0.371. The lowest BCUT2D eigenvalue weighted by Gasteiger charge is -2.09. The summed E-state index contributed by atoms with van der Waals surface area (Å²) >= 11 is 11.9. The monoisotopic (exact) mass is 294 g/mol. The highest BCUT2D eigenvalue weighted by Gasteiger charge is 2.06. The van der Waals surface area contributed by atoms with Crippen LogP contribution >= 0.6 is 23.2 Å². The molecule has 0 saturated carbocycles. The van der Waals surface area contributed by atoms with Gasteiger partial charge in [0.05, 0.1) is 22.3 Å². The van der Waals surface area contributed by atoms with Gasteiger partial charge in [0.25, 0.3) is 0 Å². The third-order valence-corrected chi connectivity index (χ3v) is 3.14. The average molecular weight is 295 g/mol. The van der Waals surface area contributed by atoms with Crippen molar-refractivity contribution < 1.29 is 4.39 Å². The predicted molar refractivity (Wildman–Crippen MR) is 74.9 cm³/mol. The third-order valence-electron chi connectivity index (χ3n) is 2.57. The second-order valence-electron chi connectivity index (χ2n) is 3.90. The van der Waals surface area contributed by atoms with Gasteiger partial charge in [-0.3, -0.25) is 0 Å². The van der Waals surface area contributed by atoms with Crippen molar-refractivity contribution in [2.75, 3.05) is 5.32 Å². The number of nitrogens with zero attached hydrogens (tertiary/aromatic N) is 1. The van der Waals surface area contributed by atoms with Crippen LogP contribution in [0, 0.1) is 17.1 Å². The van der Waals surface area contributed by atoms with Gasteiger partial charge in [0.1, 0.15) is 5.82 Å². The molecule has 0 saturated heterocycles. The molecule has 5 heteroatoms. The van der Waals surface area contributed by atoms with Crippen molar-refractivity contribution in [3.05, 3.63) is 63.4 Å². The van der Waals surface area contributed by atoms with Crippen LogP contribution in [0.15, 0.2) is 36.4 Å². The molecule has 0 aromatic heterocycles. The standard InChI is InChI=1S/C14H9Cl2FN2/c15-11-2-3-12(16)14(6-11)19-8-10-5-9(7-18)1-4-13(10)17/h1-6,19H,8H2. The number of nitrogens with one attached hydrogen (secondary N) is 1. The van der Waals surface area contributed by atoms with Crippen LogP contribution in [0.2, 0.25) is 10.0 Å². The van der Waals surface area contributed by atoms with Crippen molar-refractivity contribution in [2.45, 2.75) is 6.54 Å². The van der Waals surface area contributed by atoms with E-state index in [4.69, 9.17) is 28.5 Å². The smallest absolute Gasteiger partial charge is 0.128 e. The van der Waals surface area contributed by atoms with Gasteiger partial charge in [-0.2, -0.15) is 5.26 Å². The Morgan fingerprint density at radius 2 is 1.95 bits per heavy atom. The lowest BCUT2D eigenvalue weighted by molar-refractivity contribution is 0.612. The fourth-order valence-corrected chi connectivity index (χ4v) is 1.96. The molecule has 2 rings (SSSR count). The van der Waals surface area contributed by atoms with Gasteiger partial charge in [-0.25, -0.2) is 4.39 Å². The first-order valence-electron chi connectivity index (χ1n) is 5.47. The van der Waals surface area contributed by atoms with E-state index in [1.165, 1.54) is 18.2 Å². The lowest BCUT2D eigenvalue weighted by atomic mass is 10.1. The second kappa shape index (κ2) is 5.92. The number of rotatable bonds is 3. The number of benzene rings is 2. The minimum absolute atomic E-state index is 0.224. The molecule has 0 heterocycles. The molecule has 2 aromatic rings. The molecule has 0 spiro atoms. The highest BCUT2D eigenvalue weighted by Crippen LogP contribution is 2.26. The Labute approximate surface area is 120 Å². The summed E-state index contributed by atoms with van der Waals surface area (Å²) < 4.78 is 13.6. The Bertz CT molecular complexity index is 650. The maximum absolute atomic E-state index is 13.6.